The van der Waals surface area contributed by atoms with E-state index in [2.05, 4.69) is 63.1 Å². The molecule has 2 aromatic rings. The summed E-state index contributed by atoms with van der Waals surface area (Å²) in [7, 11) is -1.77. The largest absolute Gasteiger partial charge is 0.408 e. The van der Waals surface area contributed by atoms with Gasteiger partial charge in [0.2, 0.25) is 0 Å². The van der Waals surface area contributed by atoms with Crippen molar-refractivity contribution in [2.24, 2.45) is 0 Å². The highest BCUT2D eigenvalue weighted by Crippen LogP contribution is 2.40. The molecule has 25 heavy (non-hydrogen) atoms. The molecule has 0 fully saturated rings. The maximum atomic E-state index is 6.45. The van der Waals surface area contributed by atoms with Gasteiger partial charge in [0, 0.05) is 36.1 Å². The van der Waals surface area contributed by atoms with Crippen LogP contribution in [-0.2, 0) is 17.5 Å². The standard InChI is InChI=1S/C18H32N4OSSi/c1-14(13-22-10-8-9-21-22)19-11-16-12-20-17(24-16)15(2)23-25(6,7)18(3,4)5/h8-10,12,14-15,19H,11,13H2,1-7H3/t14-,15-/m0/s1. The lowest BCUT2D eigenvalue weighted by Crippen LogP contribution is -2.41. The molecule has 7 heteroatoms. The summed E-state index contributed by atoms with van der Waals surface area (Å²) in [6.07, 6.45) is 5.83. The van der Waals surface area contributed by atoms with Gasteiger partial charge in [-0.2, -0.15) is 5.10 Å². The molecular weight excluding hydrogens is 348 g/mol. The zero-order valence-corrected chi connectivity index (χ0v) is 18.4. The van der Waals surface area contributed by atoms with Crippen LogP contribution < -0.4 is 5.32 Å². The van der Waals surface area contributed by atoms with Gasteiger partial charge in [-0.15, -0.1) is 11.3 Å². The first-order chi connectivity index (χ1) is 11.6. The van der Waals surface area contributed by atoms with Gasteiger partial charge in [-0.05, 0) is 38.0 Å². The maximum absolute atomic E-state index is 6.45. The Morgan fingerprint density at radius 1 is 1.32 bits per heavy atom. The summed E-state index contributed by atoms with van der Waals surface area (Å²) < 4.78 is 8.40. The van der Waals surface area contributed by atoms with E-state index in [1.165, 1.54) is 4.88 Å². The summed E-state index contributed by atoms with van der Waals surface area (Å²) in [5, 5.41) is 9.07. The Kier molecular flexibility index (Phi) is 6.59. The van der Waals surface area contributed by atoms with E-state index in [1.807, 2.05) is 29.3 Å². The van der Waals surface area contributed by atoms with Crippen LogP contribution >= 0.6 is 11.3 Å². The molecule has 2 aromatic heterocycles. The van der Waals surface area contributed by atoms with Gasteiger partial charge in [0.25, 0.3) is 0 Å². The molecule has 2 atom stereocenters. The number of aromatic nitrogens is 3. The molecule has 1 N–H and O–H groups in total. The van der Waals surface area contributed by atoms with Crippen LogP contribution in [-0.4, -0.2) is 29.1 Å². The first-order valence-electron chi connectivity index (χ1n) is 8.92. The van der Waals surface area contributed by atoms with Crippen molar-refractivity contribution in [1.29, 1.82) is 0 Å². The molecule has 0 spiro atoms. The lowest BCUT2D eigenvalue weighted by molar-refractivity contribution is 0.202. The molecule has 140 valence electrons. The zero-order valence-electron chi connectivity index (χ0n) is 16.5. The van der Waals surface area contributed by atoms with Crippen molar-refractivity contribution < 1.29 is 4.43 Å². The van der Waals surface area contributed by atoms with Crippen LogP contribution in [0.2, 0.25) is 18.1 Å². The molecule has 0 amide bonds. The fourth-order valence-corrected chi connectivity index (χ4v) is 4.57. The van der Waals surface area contributed by atoms with Crippen molar-refractivity contribution in [2.45, 2.75) is 78.0 Å². The van der Waals surface area contributed by atoms with E-state index in [0.29, 0.717) is 6.04 Å². The average molecular weight is 381 g/mol. The van der Waals surface area contributed by atoms with Crippen molar-refractivity contribution in [3.05, 3.63) is 34.5 Å². The molecule has 0 aliphatic rings. The molecule has 2 rings (SSSR count). The minimum atomic E-state index is -1.77. The van der Waals surface area contributed by atoms with E-state index >= 15 is 0 Å². The second kappa shape index (κ2) is 8.12. The fourth-order valence-electron chi connectivity index (χ4n) is 2.29. The van der Waals surface area contributed by atoms with Gasteiger partial charge in [0.05, 0.1) is 12.6 Å². The molecule has 0 aliphatic heterocycles. The zero-order chi connectivity index (χ0) is 18.7. The van der Waals surface area contributed by atoms with Crippen LogP contribution in [0.1, 0.15) is 50.6 Å². The minimum absolute atomic E-state index is 0.0566. The minimum Gasteiger partial charge on any atom is -0.408 e. The van der Waals surface area contributed by atoms with E-state index in [1.54, 1.807) is 11.3 Å². The number of hydrogen-bond donors (Lipinski definition) is 1. The van der Waals surface area contributed by atoms with E-state index in [-0.39, 0.29) is 11.1 Å². The predicted molar refractivity (Wildman–Crippen MR) is 107 cm³/mol. The highest BCUT2D eigenvalue weighted by atomic mass is 32.1. The van der Waals surface area contributed by atoms with Crippen LogP contribution in [0.25, 0.3) is 0 Å². The SMILES string of the molecule is C[C@H](O[Si](C)(C)C(C)(C)C)c1ncc(CN[C@@H](C)Cn2cccn2)s1. The summed E-state index contributed by atoms with van der Waals surface area (Å²) in [4.78, 5) is 5.84. The summed E-state index contributed by atoms with van der Waals surface area (Å²) >= 11 is 1.74. The Morgan fingerprint density at radius 2 is 2.04 bits per heavy atom. The van der Waals surface area contributed by atoms with Crippen molar-refractivity contribution in [3.8, 4) is 0 Å². The third-order valence-electron chi connectivity index (χ3n) is 4.84. The van der Waals surface area contributed by atoms with E-state index in [9.17, 15) is 0 Å². The van der Waals surface area contributed by atoms with Gasteiger partial charge in [-0.3, -0.25) is 4.68 Å². The van der Waals surface area contributed by atoms with Crippen molar-refractivity contribution in [1.82, 2.24) is 20.1 Å². The summed E-state index contributed by atoms with van der Waals surface area (Å²) in [6, 6.07) is 2.30. The molecule has 0 unspecified atom stereocenters. The fraction of sp³-hybridized carbons (Fsp3) is 0.667. The molecule has 0 radical (unpaired) electrons. The van der Waals surface area contributed by atoms with Crippen molar-refractivity contribution in [3.63, 3.8) is 0 Å². The lowest BCUT2D eigenvalue weighted by atomic mass is 10.2. The number of rotatable bonds is 8. The second-order valence-electron chi connectivity index (χ2n) is 8.20. The number of nitrogens with one attached hydrogen (secondary N) is 1. The molecule has 2 heterocycles. The van der Waals surface area contributed by atoms with E-state index in [4.69, 9.17) is 4.43 Å². The molecule has 0 saturated heterocycles. The topological polar surface area (TPSA) is 52.0 Å². The first kappa shape index (κ1) is 20.3. The average Bonchev–Trinajstić information content (AvgIpc) is 3.14. The lowest BCUT2D eigenvalue weighted by Gasteiger charge is -2.38. The predicted octanol–water partition coefficient (Wildman–Crippen LogP) is 4.60. The summed E-state index contributed by atoms with van der Waals surface area (Å²) in [6.45, 7) is 17.4. The Hall–Kier alpha value is -1.02. The van der Waals surface area contributed by atoms with Crippen LogP contribution in [0.5, 0.6) is 0 Å². The van der Waals surface area contributed by atoms with Gasteiger partial charge >= 0.3 is 0 Å². The highest BCUT2D eigenvalue weighted by molar-refractivity contribution is 7.11. The normalized spacial score (nSPS) is 15.3. The van der Waals surface area contributed by atoms with Crippen LogP contribution in [0.15, 0.2) is 24.7 Å². The Bertz CT molecular complexity index is 648. The number of thiazole rings is 1. The van der Waals surface area contributed by atoms with Crippen molar-refractivity contribution >= 4 is 19.7 Å². The van der Waals surface area contributed by atoms with Crippen LogP contribution in [0.4, 0.5) is 0 Å². The quantitative estimate of drug-likeness (QED) is 0.680. The first-order valence-corrected chi connectivity index (χ1v) is 12.6. The smallest absolute Gasteiger partial charge is 0.193 e. The molecule has 0 aliphatic carbocycles. The Morgan fingerprint density at radius 3 is 2.64 bits per heavy atom. The van der Waals surface area contributed by atoms with Crippen molar-refractivity contribution in [2.75, 3.05) is 0 Å². The summed E-state index contributed by atoms with van der Waals surface area (Å²) in [5.41, 5.74) is 0. The third kappa shape index (κ3) is 5.74. The molecule has 0 bridgehead atoms. The Labute approximate surface area is 157 Å². The molecule has 0 saturated carbocycles. The Balaban J connectivity index is 1.87. The van der Waals surface area contributed by atoms with E-state index < -0.39 is 8.32 Å². The molecule has 5 nitrogen and oxygen atoms in total. The van der Waals surface area contributed by atoms with E-state index in [0.717, 1.165) is 18.1 Å². The van der Waals surface area contributed by atoms with Crippen LogP contribution in [0, 0.1) is 0 Å². The van der Waals surface area contributed by atoms with Gasteiger partial charge in [0.1, 0.15) is 5.01 Å². The number of nitrogens with zero attached hydrogens (tertiary/aromatic N) is 3. The number of hydrogen-bond acceptors (Lipinski definition) is 5. The van der Waals surface area contributed by atoms with Gasteiger partial charge in [0.15, 0.2) is 8.32 Å². The molecule has 0 aromatic carbocycles. The molecular formula is C18H32N4OSSi. The van der Waals surface area contributed by atoms with Gasteiger partial charge in [-0.25, -0.2) is 4.98 Å². The highest BCUT2D eigenvalue weighted by Gasteiger charge is 2.39. The summed E-state index contributed by atoms with van der Waals surface area (Å²) in [5.74, 6) is 0. The van der Waals surface area contributed by atoms with Crippen LogP contribution in [0.3, 0.4) is 0 Å². The second-order valence-corrected chi connectivity index (χ2v) is 14.1. The van der Waals surface area contributed by atoms with Gasteiger partial charge in [-0.1, -0.05) is 20.8 Å². The van der Waals surface area contributed by atoms with Gasteiger partial charge < -0.3 is 9.74 Å². The maximum Gasteiger partial charge on any atom is 0.193 e. The monoisotopic (exact) mass is 380 g/mol. The third-order valence-corrected chi connectivity index (χ3v) is 10.6.